The summed E-state index contributed by atoms with van der Waals surface area (Å²) < 4.78 is 0. The molecule has 0 aromatic rings. The molecule has 1 saturated carbocycles. The van der Waals surface area contributed by atoms with Gasteiger partial charge in [-0.1, -0.05) is 0 Å². The molecule has 1 fully saturated rings. The normalized spacial score (nSPS) is 21.3. The molecule has 1 aliphatic rings. The van der Waals surface area contributed by atoms with E-state index in [1.54, 1.807) is 0 Å². The van der Waals surface area contributed by atoms with E-state index in [0.717, 1.165) is 0 Å². The first-order valence-electron chi connectivity index (χ1n) is 2.67. The second-order valence-electron chi connectivity index (χ2n) is 1.54. The van der Waals surface area contributed by atoms with Gasteiger partial charge in [-0.2, -0.15) is 0 Å². The van der Waals surface area contributed by atoms with Crippen molar-refractivity contribution in [3.63, 3.8) is 0 Å². The Hall–Kier alpha value is 0.883. The van der Waals surface area contributed by atoms with Gasteiger partial charge in [-0.15, -0.1) is 0 Å². The van der Waals surface area contributed by atoms with Crippen molar-refractivity contribution >= 4 is 0 Å². The predicted molar refractivity (Wildman–Crippen MR) is 37.2 cm³/mol. The molecule has 1 aliphatic carbocycles. The molecule has 0 N–H and O–H groups in total. The molecule has 0 saturated heterocycles. The van der Waals surface area contributed by atoms with Crippen molar-refractivity contribution in [2.45, 2.75) is 0 Å². The Bertz CT molecular complexity index is 28.5. The van der Waals surface area contributed by atoms with E-state index in [2.05, 4.69) is 0 Å². The SMILES string of the molecule is [CH]1[CH][CH][CH][CH][CH][CH][CH]1.[ZrH2]. The number of hydrogen-bond donors (Lipinski definition) is 0. The maximum atomic E-state index is 2.00. The Kier molecular flexibility index (Phi) is 7.68. The molecule has 9 heavy (non-hydrogen) atoms. The van der Waals surface area contributed by atoms with E-state index in [1.165, 1.54) is 0 Å². The van der Waals surface area contributed by atoms with Crippen molar-refractivity contribution in [3.05, 3.63) is 51.4 Å². The zero-order chi connectivity index (χ0) is 5.66. The van der Waals surface area contributed by atoms with Crippen molar-refractivity contribution in [2.75, 3.05) is 0 Å². The van der Waals surface area contributed by atoms with E-state index in [0.29, 0.717) is 0 Å². The van der Waals surface area contributed by atoms with Crippen LogP contribution in [0.4, 0.5) is 0 Å². The summed E-state index contributed by atoms with van der Waals surface area (Å²) in [5.41, 5.74) is 0. The monoisotopic (exact) mass is 196 g/mol. The van der Waals surface area contributed by atoms with Crippen molar-refractivity contribution in [3.8, 4) is 0 Å². The molecule has 0 atom stereocenters. The Morgan fingerprint density at radius 3 is 0.556 bits per heavy atom. The van der Waals surface area contributed by atoms with Crippen LogP contribution in [0.25, 0.3) is 0 Å². The van der Waals surface area contributed by atoms with Crippen LogP contribution >= 0.6 is 0 Å². The molecule has 8 radical (unpaired) electrons. The van der Waals surface area contributed by atoms with Crippen molar-refractivity contribution in [1.82, 2.24) is 0 Å². The Morgan fingerprint density at radius 1 is 0.333 bits per heavy atom. The molecule has 0 spiro atoms. The first kappa shape index (κ1) is 9.88. The quantitative estimate of drug-likeness (QED) is 0.545. The fraction of sp³-hybridized carbons (Fsp3) is 0. The third-order valence-electron chi connectivity index (χ3n) is 0.889. The van der Waals surface area contributed by atoms with Gasteiger partial charge in [-0.3, -0.25) is 0 Å². The van der Waals surface area contributed by atoms with Crippen LogP contribution in [-0.2, 0) is 26.2 Å². The van der Waals surface area contributed by atoms with Crippen LogP contribution in [0.5, 0.6) is 0 Å². The van der Waals surface area contributed by atoms with Gasteiger partial charge in [0.2, 0.25) is 0 Å². The molecule has 0 aromatic carbocycles. The van der Waals surface area contributed by atoms with E-state index >= 15 is 0 Å². The van der Waals surface area contributed by atoms with E-state index < -0.39 is 0 Å². The molecule has 46 valence electrons. The van der Waals surface area contributed by atoms with Gasteiger partial charge in [0, 0.05) is 0 Å². The number of rotatable bonds is 0. The molecule has 1 rings (SSSR count). The predicted octanol–water partition coefficient (Wildman–Crippen LogP) is 1.10. The topological polar surface area (TPSA) is 0 Å². The van der Waals surface area contributed by atoms with Gasteiger partial charge in [0.25, 0.3) is 0 Å². The molecule has 0 bridgehead atoms. The fourth-order valence-corrected chi connectivity index (χ4v) is 0.513. The number of hydrogen-bond acceptors (Lipinski definition) is 0. The molecule has 0 aromatic heterocycles. The van der Waals surface area contributed by atoms with E-state index in [-0.39, 0.29) is 26.2 Å². The van der Waals surface area contributed by atoms with Gasteiger partial charge in [0.15, 0.2) is 0 Å². The van der Waals surface area contributed by atoms with Gasteiger partial charge in [0.05, 0.1) is 0 Å². The van der Waals surface area contributed by atoms with Crippen LogP contribution in [0, 0.1) is 51.4 Å². The Labute approximate surface area is 77.5 Å². The van der Waals surface area contributed by atoms with E-state index in [4.69, 9.17) is 0 Å². The van der Waals surface area contributed by atoms with Gasteiger partial charge >= 0.3 is 26.2 Å². The summed E-state index contributed by atoms with van der Waals surface area (Å²) in [6.07, 6.45) is 16.0. The van der Waals surface area contributed by atoms with E-state index in [9.17, 15) is 0 Å². The van der Waals surface area contributed by atoms with Crippen LogP contribution in [0.1, 0.15) is 0 Å². The second-order valence-corrected chi connectivity index (χ2v) is 1.54. The maximum absolute atomic E-state index is 2.00. The first-order chi connectivity index (χ1) is 4.00. The zero-order valence-electron chi connectivity index (χ0n) is 5.33. The van der Waals surface area contributed by atoms with Gasteiger partial charge < -0.3 is 0 Å². The third kappa shape index (κ3) is 5.33. The summed E-state index contributed by atoms with van der Waals surface area (Å²) >= 11 is 0. The van der Waals surface area contributed by atoms with Gasteiger partial charge in [-0.25, -0.2) is 0 Å². The van der Waals surface area contributed by atoms with Crippen molar-refractivity contribution in [1.29, 1.82) is 0 Å². The zero-order valence-corrected chi connectivity index (χ0v) is 8.80. The summed E-state index contributed by atoms with van der Waals surface area (Å²) in [5, 5.41) is 0. The van der Waals surface area contributed by atoms with Crippen LogP contribution in [-0.4, -0.2) is 0 Å². The molecule has 0 heterocycles. The van der Waals surface area contributed by atoms with Gasteiger partial charge in [-0.05, 0) is 51.4 Å². The molecule has 0 aliphatic heterocycles. The Balaban J connectivity index is 0.000000640. The average Bonchev–Trinajstić information content (AvgIpc) is 1.62. The van der Waals surface area contributed by atoms with Crippen LogP contribution in [0.15, 0.2) is 0 Å². The molecular formula is C8H10Zr. The molecule has 0 nitrogen and oxygen atoms in total. The first-order valence-corrected chi connectivity index (χ1v) is 2.67. The standard InChI is InChI=1S/C8H8.Zr.2H/c1-2-4-6-8-7-5-3-1;;;/h1-8H;;;. The minimum absolute atomic E-state index is 0. The summed E-state index contributed by atoms with van der Waals surface area (Å²) in [4.78, 5) is 0. The summed E-state index contributed by atoms with van der Waals surface area (Å²) in [6, 6.07) is 0. The minimum atomic E-state index is 0. The summed E-state index contributed by atoms with van der Waals surface area (Å²) in [6.45, 7) is 0. The summed E-state index contributed by atoms with van der Waals surface area (Å²) in [7, 11) is 0. The molecular weight excluding hydrogens is 187 g/mol. The molecule has 1 heteroatoms. The van der Waals surface area contributed by atoms with Crippen LogP contribution < -0.4 is 0 Å². The summed E-state index contributed by atoms with van der Waals surface area (Å²) in [5.74, 6) is 0. The fourth-order valence-electron chi connectivity index (χ4n) is 0.513. The van der Waals surface area contributed by atoms with Gasteiger partial charge in [0.1, 0.15) is 0 Å². The van der Waals surface area contributed by atoms with Crippen LogP contribution in [0.2, 0.25) is 0 Å². The third-order valence-corrected chi connectivity index (χ3v) is 0.889. The van der Waals surface area contributed by atoms with E-state index in [1.807, 2.05) is 51.4 Å². The second kappa shape index (κ2) is 7.00. The van der Waals surface area contributed by atoms with Crippen LogP contribution in [0.3, 0.4) is 0 Å². The molecule has 0 amide bonds. The van der Waals surface area contributed by atoms with Crippen molar-refractivity contribution < 1.29 is 26.2 Å². The molecule has 0 unspecified atom stereocenters. The average molecular weight is 197 g/mol. The van der Waals surface area contributed by atoms with Crippen molar-refractivity contribution in [2.24, 2.45) is 0 Å². The Morgan fingerprint density at radius 2 is 0.444 bits per heavy atom.